The van der Waals surface area contributed by atoms with Crippen LogP contribution >= 0.6 is 0 Å². The van der Waals surface area contributed by atoms with Crippen LogP contribution in [-0.2, 0) is 14.4 Å². The highest BCUT2D eigenvalue weighted by Crippen LogP contribution is 2.26. The number of imide groups is 1. The van der Waals surface area contributed by atoms with Gasteiger partial charge >= 0.3 is 0 Å². The molecule has 2 heterocycles. The second-order valence-electron chi connectivity index (χ2n) is 5.53. The third-order valence-corrected chi connectivity index (χ3v) is 3.95. The molecule has 1 saturated heterocycles. The van der Waals surface area contributed by atoms with E-state index in [4.69, 9.17) is 5.11 Å². The quantitative estimate of drug-likeness (QED) is 0.662. The summed E-state index contributed by atoms with van der Waals surface area (Å²) in [7, 11) is 0. The molecule has 2 aliphatic rings. The van der Waals surface area contributed by atoms with Gasteiger partial charge in [-0.2, -0.15) is 0 Å². The van der Waals surface area contributed by atoms with Crippen LogP contribution in [0.3, 0.4) is 0 Å². The first-order valence-corrected chi connectivity index (χ1v) is 7.40. The Balaban J connectivity index is 1.74. The summed E-state index contributed by atoms with van der Waals surface area (Å²) in [6.07, 6.45) is 1.68. The maximum atomic E-state index is 12.1. The van der Waals surface area contributed by atoms with Crippen LogP contribution in [0.25, 0.3) is 0 Å². The molecule has 1 aromatic carbocycles. The summed E-state index contributed by atoms with van der Waals surface area (Å²) in [6.45, 7) is 0.318. The summed E-state index contributed by atoms with van der Waals surface area (Å²) in [5.74, 6) is -0.738. The Kier molecular flexibility index (Phi) is 4.12. The van der Waals surface area contributed by atoms with Crippen molar-refractivity contribution in [3.05, 3.63) is 41.6 Å². The second kappa shape index (κ2) is 6.21. The molecule has 0 spiro atoms. The van der Waals surface area contributed by atoms with E-state index in [0.29, 0.717) is 18.7 Å². The van der Waals surface area contributed by atoms with Gasteiger partial charge in [-0.25, -0.2) is 0 Å². The topological polar surface area (TPSA) is 98.7 Å². The summed E-state index contributed by atoms with van der Waals surface area (Å²) in [4.78, 5) is 36.1. The number of anilines is 1. The lowest BCUT2D eigenvalue weighted by Gasteiger charge is -2.14. The molecular weight excluding hydrogens is 298 g/mol. The minimum atomic E-state index is -0.452. The molecule has 3 rings (SSSR count). The van der Waals surface area contributed by atoms with Crippen molar-refractivity contribution in [1.82, 2.24) is 10.2 Å². The van der Waals surface area contributed by atoms with E-state index in [2.05, 4.69) is 10.6 Å². The van der Waals surface area contributed by atoms with E-state index in [9.17, 15) is 14.4 Å². The fraction of sp³-hybridized carbons (Fsp3) is 0.312. The number of rotatable bonds is 5. The molecular formula is C16H17N3O4. The zero-order chi connectivity index (χ0) is 16.4. The highest BCUT2D eigenvalue weighted by molar-refractivity contribution is 6.17. The Hall–Kier alpha value is -2.67. The predicted octanol–water partition coefficient (Wildman–Crippen LogP) is -0.0530. The van der Waals surface area contributed by atoms with Crippen molar-refractivity contribution >= 4 is 23.4 Å². The van der Waals surface area contributed by atoms with Crippen LogP contribution in [0.15, 0.2) is 36.0 Å². The molecule has 1 unspecified atom stereocenters. The molecule has 7 heteroatoms. The summed E-state index contributed by atoms with van der Waals surface area (Å²) in [6, 6.07) is 7.44. The van der Waals surface area contributed by atoms with Crippen molar-refractivity contribution in [2.24, 2.45) is 0 Å². The van der Waals surface area contributed by atoms with Crippen molar-refractivity contribution < 1.29 is 19.5 Å². The van der Waals surface area contributed by atoms with E-state index < -0.39 is 11.8 Å². The number of hydrogen-bond acceptors (Lipinski definition) is 5. The molecule has 0 aromatic heterocycles. The highest BCUT2D eigenvalue weighted by Gasteiger charge is 2.30. The maximum absolute atomic E-state index is 12.1. The first kappa shape index (κ1) is 15.2. The Morgan fingerprint density at radius 1 is 1.30 bits per heavy atom. The van der Waals surface area contributed by atoms with Crippen LogP contribution in [-0.4, -0.2) is 47.4 Å². The zero-order valence-corrected chi connectivity index (χ0v) is 12.4. The largest absolute Gasteiger partial charge is 0.395 e. The van der Waals surface area contributed by atoms with E-state index in [0.717, 1.165) is 10.5 Å². The number of β-amino-alcohol motifs (C(OH)–C–C–N with tert-alkyl or cyclic N) is 1. The van der Waals surface area contributed by atoms with Crippen molar-refractivity contribution in [3.63, 3.8) is 0 Å². The lowest BCUT2D eigenvalue weighted by atomic mass is 9.98. The molecule has 0 radical (unpaired) electrons. The fourth-order valence-corrected chi connectivity index (χ4v) is 2.78. The molecule has 0 saturated carbocycles. The summed E-state index contributed by atoms with van der Waals surface area (Å²) >= 11 is 0. The SMILES string of the molecule is O=C1CC(c2cccc(NC3=CC(=O)N(CCO)C3=O)c2)CN1. The van der Waals surface area contributed by atoms with Crippen LogP contribution in [0, 0.1) is 0 Å². The van der Waals surface area contributed by atoms with Crippen LogP contribution < -0.4 is 10.6 Å². The normalized spacial score (nSPS) is 20.7. The van der Waals surface area contributed by atoms with Gasteiger partial charge in [0.25, 0.3) is 11.8 Å². The number of benzene rings is 1. The van der Waals surface area contributed by atoms with E-state index in [1.54, 1.807) is 6.07 Å². The fourth-order valence-electron chi connectivity index (χ4n) is 2.78. The molecule has 23 heavy (non-hydrogen) atoms. The molecule has 3 amide bonds. The predicted molar refractivity (Wildman–Crippen MR) is 82.3 cm³/mol. The van der Waals surface area contributed by atoms with Crippen molar-refractivity contribution in [1.29, 1.82) is 0 Å². The number of carbonyl (C=O) groups is 3. The zero-order valence-electron chi connectivity index (χ0n) is 12.4. The van der Waals surface area contributed by atoms with Gasteiger partial charge in [0, 0.05) is 30.6 Å². The Bertz CT molecular complexity index is 698. The van der Waals surface area contributed by atoms with Crippen LogP contribution in [0.1, 0.15) is 17.9 Å². The Morgan fingerprint density at radius 3 is 2.83 bits per heavy atom. The molecule has 0 bridgehead atoms. The van der Waals surface area contributed by atoms with Gasteiger partial charge < -0.3 is 15.7 Å². The Labute approximate surface area is 133 Å². The first-order chi connectivity index (χ1) is 11.1. The molecule has 120 valence electrons. The number of hydrogen-bond donors (Lipinski definition) is 3. The summed E-state index contributed by atoms with van der Waals surface area (Å²) in [5, 5.41) is 14.6. The molecule has 3 N–H and O–H groups in total. The van der Waals surface area contributed by atoms with Gasteiger partial charge in [0.1, 0.15) is 5.70 Å². The number of aliphatic hydroxyl groups is 1. The number of carbonyl (C=O) groups excluding carboxylic acids is 3. The van der Waals surface area contributed by atoms with Gasteiger partial charge in [0.15, 0.2) is 0 Å². The second-order valence-corrected chi connectivity index (χ2v) is 5.53. The van der Waals surface area contributed by atoms with Gasteiger partial charge in [-0.05, 0) is 17.7 Å². The first-order valence-electron chi connectivity index (χ1n) is 7.40. The lowest BCUT2D eigenvalue weighted by Crippen LogP contribution is -2.34. The van der Waals surface area contributed by atoms with E-state index in [1.807, 2.05) is 18.2 Å². The number of aliphatic hydroxyl groups excluding tert-OH is 1. The van der Waals surface area contributed by atoms with Crippen LogP contribution in [0.2, 0.25) is 0 Å². The van der Waals surface area contributed by atoms with Crippen molar-refractivity contribution in [2.75, 3.05) is 25.0 Å². The number of nitrogens with one attached hydrogen (secondary N) is 2. The molecule has 0 aliphatic carbocycles. The third kappa shape index (κ3) is 3.09. The molecule has 7 nitrogen and oxygen atoms in total. The van der Waals surface area contributed by atoms with Crippen molar-refractivity contribution in [2.45, 2.75) is 12.3 Å². The maximum Gasteiger partial charge on any atom is 0.277 e. The summed E-state index contributed by atoms with van der Waals surface area (Å²) < 4.78 is 0. The third-order valence-electron chi connectivity index (χ3n) is 3.95. The minimum absolute atomic E-state index is 0.0186. The van der Waals surface area contributed by atoms with E-state index in [1.165, 1.54) is 6.08 Å². The van der Waals surface area contributed by atoms with Gasteiger partial charge in [0.2, 0.25) is 5.91 Å². The van der Waals surface area contributed by atoms with E-state index in [-0.39, 0.29) is 30.7 Å². The Morgan fingerprint density at radius 2 is 2.13 bits per heavy atom. The van der Waals surface area contributed by atoms with Crippen LogP contribution in [0.4, 0.5) is 5.69 Å². The summed E-state index contributed by atoms with van der Waals surface area (Å²) in [5.41, 5.74) is 1.86. The molecule has 2 aliphatic heterocycles. The highest BCUT2D eigenvalue weighted by atomic mass is 16.3. The number of amides is 3. The van der Waals surface area contributed by atoms with E-state index >= 15 is 0 Å². The minimum Gasteiger partial charge on any atom is -0.395 e. The molecule has 1 aromatic rings. The average molecular weight is 315 g/mol. The van der Waals surface area contributed by atoms with Gasteiger partial charge in [-0.3, -0.25) is 19.3 Å². The van der Waals surface area contributed by atoms with Crippen molar-refractivity contribution in [3.8, 4) is 0 Å². The standard InChI is InChI=1S/C16H17N3O4/c20-5-4-19-15(22)8-13(16(19)23)18-12-3-1-2-10(6-12)11-7-14(21)17-9-11/h1-3,6,8,11,18,20H,4-5,7,9H2,(H,17,21). The molecule has 1 atom stereocenters. The van der Waals surface area contributed by atoms with Gasteiger partial charge in [-0.1, -0.05) is 12.1 Å². The average Bonchev–Trinajstić information content (AvgIpc) is 3.07. The van der Waals surface area contributed by atoms with Crippen LogP contribution in [0.5, 0.6) is 0 Å². The lowest BCUT2D eigenvalue weighted by molar-refractivity contribution is -0.137. The monoisotopic (exact) mass is 315 g/mol. The number of nitrogens with zero attached hydrogens (tertiary/aromatic N) is 1. The van der Waals surface area contributed by atoms with Gasteiger partial charge in [0.05, 0.1) is 13.2 Å². The molecule has 1 fully saturated rings. The smallest absolute Gasteiger partial charge is 0.277 e. The van der Waals surface area contributed by atoms with Gasteiger partial charge in [-0.15, -0.1) is 0 Å².